The number of rotatable bonds is 9. The highest BCUT2D eigenvalue weighted by Gasteiger charge is 2.16. The number of amides is 1. The van der Waals surface area contributed by atoms with Gasteiger partial charge in [-0.15, -0.1) is 0 Å². The predicted octanol–water partition coefficient (Wildman–Crippen LogP) is 3.49. The molecule has 0 aliphatic rings. The molecule has 0 unspecified atom stereocenters. The quantitative estimate of drug-likeness (QED) is 0.432. The molecule has 3 rings (SSSR count). The molecule has 1 amide bonds. The van der Waals surface area contributed by atoms with Crippen molar-refractivity contribution in [1.82, 2.24) is 10.3 Å². The largest absolute Gasteiger partial charge is 0.487 e. The first-order valence-corrected chi connectivity index (χ1v) is 9.37. The van der Waals surface area contributed by atoms with Crippen LogP contribution < -0.4 is 14.8 Å². The second-order valence-corrected chi connectivity index (χ2v) is 6.35. The van der Waals surface area contributed by atoms with Crippen molar-refractivity contribution < 1.29 is 23.8 Å². The Morgan fingerprint density at radius 2 is 1.50 bits per heavy atom. The highest BCUT2D eigenvalue weighted by Crippen LogP contribution is 2.24. The van der Waals surface area contributed by atoms with Crippen LogP contribution in [0.3, 0.4) is 0 Å². The first-order chi connectivity index (χ1) is 14.6. The van der Waals surface area contributed by atoms with Gasteiger partial charge in [0.1, 0.15) is 19.0 Å². The molecule has 1 heterocycles. The van der Waals surface area contributed by atoms with Gasteiger partial charge in [-0.05, 0) is 11.1 Å². The van der Waals surface area contributed by atoms with Crippen LogP contribution in [0.25, 0.3) is 0 Å². The van der Waals surface area contributed by atoms with E-state index in [0.717, 1.165) is 11.1 Å². The number of benzene rings is 2. The Hall–Kier alpha value is -3.87. The van der Waals surface area contributed by atoms with Crippen molar-refractivity contribution >= 4 is 11.9 Å². The molecular weight excluding hydrogens is 384 g/mol. The van der Waals surface area contributed by atoms with Crippen molar-refractivity contribution in [3.8, 4) is 11.5 Å². The molecule has 0 saturated heterocycles. The summed E-state index contributed by atoms with van der Waals surface area (Å²) in [6.45, 7) is 1.63. The van der Waals surface area contributed by atoms with Gasteiger partial charge in [0.15, 0.2) is 18.2 Å². The van der Waals surface area contributed by atoms with Gasteiger partial charge < -0.3 is 19.5 Å². The minimum atomic E-state index is -0.520. The minimum absolute atomic E-state index is 0.0742. The molecule has 3 aromatic rings. The monoisotopic (exact) mass is 406 g/mol. The van der Waals surface area contributed by atoms with Crippen LogP contribution in [-0.4, -0.2) is 23.6 Å². The molecule has 0 aliphatic carbocycles. The molecule has 0 radical (unpaired) electrons. The SMILES string of the molecule is CC(=O)OCNC(=O)c1ncc(OCc2ccccc2)cc1OCc1ccccc1. The number of ether oxygens (including phenoxy) is 3. The summed E-state index contributed by atoms with van der Waals surface area (Å²) in [4.78, 5) is 27.6. The fourth-order valence-electron chi connectivity index (χ4n) is 2.55. The van der Waals surface area contributed by atoms with Crippen LogP contribution in [0.2, 0.25) is 0 Å². The molecule has 2 aromatic carbocycles. The van der Waals surface area contributed by atoms with Crippen molar-refractivity contribution in [2.45, 2.75) is 20.1 Å². The summed E-state index contributed by atoms with van der Waals surface area (Å²) in [6.07, 6.45) is 1.46. The lowest BCUT2D eigenvalue weighted by Gasteiger charge is -2.13. The smallest absolute Gasteiger partial charge is 0.304 e. The fourth-order valence-corrected chi connectivity index (χ4v) is 2.55. The standard InChI is InChI=1S/C23H22N2O5/c1-17(26)30-16-25-23(27)22-21(29-15-19-10-6-3-7-11-19)12-20(13-24-22)28-14-18-8-4-2-5-9-18/h2-13H,14-16H2,1H3,(H,25,27). The maximum Gasteiger partial charge on any atom is 0.304 e. The molecule has 154 valence electrons. The number of nitrogens with zero attached hydrogens (tertiary/aromatic N) is 1. The second kappa shape index (κ2) is 10.6. The van der Waals surface area contributed by atoms with E-state index in [1.807, 2.05) is 60.7 Å². The number of hydrogen-bond acceptors (Lipinski definition) is 6. The number of esters is 1. The van der Waals surface area contributed by atoms with Gasteiger partial charge >= 0.3 is 5.97 Å². The Labute approximate surface area is 174 Å². The number of carbonyl (C=O) groups excluding carboxylic acids is 2. The van der Waals surface area contributed by atoms with Gasteiger partial charge in [-0.25, -0.2) is 4.98 Å². The summed E-state index contributed by atoms with van der Waals surface area (Å²) in [5, 5.41) is 2.48. The van der Waals surface area contributed by atoms with Crippen LogP contribution in [0.4, 0.5) is 0 Å². The Kier molecular flexibility index (Phi) is 7.38. The average molecular weight is 406 g/mol. The molecule has 1 aromatic heterocycles. The molecule has 0 aliphatic heterocycles. The second-order valence-electron chi connectivity index (χ2n) is 6.35. The first-order valence-electron chi connectivity index (χ1n) is 9.37. The zero-order chi connectivity index (χ0) is 21.2. The molecule has 7 nitrogen and oxygen atoms in total. The lowest BCUT2D eigenvalue weighted by atomic mass is 10.2. The van der Waals surface area contributed by atoms with Crippen molar-refractivity contribution in [3.63, 3.8) is 0 Å². The van der Waals surface area contributed by atoms with Crippen LogP contribution in [-0.2, 0) is 22.7 Å². The van der Waals surface area contributed by atoms with Gasteiger partial charge in [-0.3, -0.25) is 9.59 Å². The molecule has 0 atom stereocenters. The summed E-state index contributed by atoms with van der Waals surface area (Å²) < 4.78 is 16.4. The highest BCUT2D eigenvalue weighted by molar-refractivity contribution is 5.95. The van der Waals surface area contributed by atoms with Crippen LogP contribution in [0, 0.1) is 0 Å². The van der Waals surface area contributed by atoms with Crippen LogP contribution >= 0.6 is 0 Å². The zero-order valence-electron chi connectivity index (χ0n) is 16.5. The third kappa shape index (κ3) is 6.34. The van der Waals surface area contributed by atoms with E-state index in [1.54, 1.807) is 6.07 Å². The van der Waals surface area contributed by atoms with Gasteiger partial charge in [-0.2, -0.15) is 0 Å². The normalized spacial score (nSPS) is 10.2. The van der Waals surface area contributed by atoms with Crippen LogP contribution in [0.15, 0.2) is 72.9 Å². The third-order valence-corrected chi connectivity index (χ3v) is 4.04. The highest BCUT2D eigenvalue weighted by atomic mass is 16.5. The molecule has 0 fully saturated rings. The fraction of sp³-hybridized carbons (Fsp3) is 0.174. The summed E-state index contributed by atoms with van der Waals surface area (Å²) in [7, 11) is 0. The molecule has 0 saturated carbocycles. The van der Waals surface area contributed by atoms with Gasteiger partial charge in [0.2, 0.25) is 0 Å². The van der Waals surface area contributed by atoms with Crippen molar-refractivity contribution in [2.75, 3.05) is 6.73 Å². The maximum atomic E-state index is 12.5. The number of carbonyl (C=O) groups is 2. The molecule has 0 bridgehead atoms. The Morgan fingerprint density at radius 1 is 0.900 bits per heavy atom. The van der Waals surface area contributed by atoms with Gasteiger partial charge in [-0.1, -0.05) is 60.7 Å². The predicted molar refractivity (Wildman–Crippen MR) is 110 cm³/mol. The zero-order valence-corrected chi connectivity index (χ0v) is 16.5. The minimum Gasteiger partial charge on any atom is -0.487 e. The Bertz CT molecular complexity index is 977. The third-order valence-electron chi connectivity index (χ3n) is 4.04. The van der Waals surface area contributed by atoms with Crippen molar-refractivity contribution in [2.24, 2.45) is 0 Å². The topological polar surface area (TPSA) is 86.8 Å². The van der Waals surface area contributed by atoms with E-state index >= 15 is 0 Å². The molecular formula is C23H22N2O5. The van der Waals surface area contributed by atoms with Gasteiger partial charge in [0.25, 0.3) is 5.91 Å². The average Bonchev–Trinajstić information content (AvgIpc) is 2.77. The molecule has 7 heteroatoms. The summed E-state index contributed by atoms with van der Waals surface area (Å²) in [6, 6.07) is 20.9. The van der Waals surface area contributed by atoms with E-state index in [9.17, 15) is 9.59 Å². The van der Waals surface area contributed by atoms with E-state index in [2.05, 4.69) is 10.3 Å². The first kappa shape index (κ1) is 20.9. The van der Waals surface area contributed by atoms with E-state index in [4.69, 9.17) is 14.2 Å². The van der Waals surface area contributed by atoms with E-state index in [1.165, 1.54) is 13.1 Å². The Balaban J connectivity index is 1.74. The van der Waals surface area contributed by atoms with Crippen LogP contribution in [0.1, 0.15) is 28.5 Å². The molecule has 1 N–H and O–H groups in total. The number of aromatic nitrogens is 1. The van der Waals surface area contributed by atoms with Crippen molar-refractivity contribution in [3.05, 3.63) is 89.7 Å². The molecule has 30 heavy (non-hydrogen) atoms. The Morgan fingerprint density at radius 3 is 2.10 bits per heavy atom. The number of pyridine rings is 1. The van der Waals surface area contributed by atoms with Crippen LogP contribution in [0.5, 0.6) is 11.5 Å². The van der Waals surface area contributed by atoms with Gasteiger partial charge in [0.05, 0.1) is 6.20 Å². The number of nitrogens with one attached hydrogen (secondary N) is 1. The summed E-state index contributed by atoms with van der Waals surface area (Å²) >= 11 is 0. The lowest BCUT2D eigenvalue weighted by Crippen LogP contribution is -2.28. The molecule has 0 spiro atoms. The summed E-state index contributed by atoms with van der Waals surface area (Å²) in [5.41, 5.74) is 2.02. The van der Waals surface area contributed by atoms with E-state index in [0.29, 0.717) is 12.4 Å². The maximum absolute atomic E-state index is 12.5. The van der Waals surface area contributed by atoms with Gasteiger partial charge in [0, 0.05) is 13.0 Å². The lowest BCUT2D eigenvalue weighted by molar-refractivity contribution is -0.141. The van der Waals surface area contributed by atoms with E-state index in [-0.39, 0.29) is 24.8 Å². The number of hydrogen-bond donors (Lipinski definition) is 1. The van der Waals surface area contributed by atoms with Crippen molar-refractivity contribution in [1.29, 1.82) is 0 Å². The summed E-state index contributed by atoms with van der Waals surface area (Å²) in [5.74, 6) is -0.273. The van der Waals surface area contributed by atoms with E-state index < -0.39 is 11.9 Å².